The van der Waals surface area contributed by atoms with E-state index >= 15 is 0 Å². The second kappa shape index (κ2) is 3.63. The lowest BCUT2D eigenvalue weighted by Crippen LogP contribution is -2.44. The van der Waals surface area contributed by atoms with E-state index in [0.29, 0.717) is 17.9 Å². The summed E-state index contributed by atoms with van der Waals surface area (Å²) in [6.45, 7) is 9.64. The Hall–Kier alpha value is -0.830. The minimum absolute atomic E-state index is 0.388. The molecule has 0 aliphatic heterocycles. The third-order valence-corrected chi connectivity index (χ3v) is 3.94. The van der Waals surface area contributed by atoms with Crippen LogP contribution in [0, 0.1) is 19.8 Å². The first kappa shape index (κ1) is 10.7. The maximum atomic E-state index is 5.96. The minimum Gasteiger partial charge on any atom is -0.327 e. The fourth-order valence-corrected chi connectivity index (χ4v) is 2.76. The number of rotatable bonds is 2. The molecule has 3 nitrogen and oxygen atoms in total. The SMILES string of the molecule is CCn1nc(C)c(C2CC(N)C2C)c1C. The molecule has 0 amide bonds. The molecule has 1 heterocycles. The third-order valence-electron chi connectivity index (χ3n) is 3.94. The molecule has 84 valence electrons. The molecule has 2 N–H and O–H groups in total. The van der Waals surface area contributed by atoms with E-state index in [0.717, 1.165) is 13.0 Å². The second-order valence-corrected chi connectivity index (χ2v) is 4.77. The highest BCUT2D eigenvalue weighted by Gasteiger charge is 2.38. The van der Waals surface area contributed by atoms with Crippen molar-refractivity contribution in [2.75, 3.05) is 0 Å². The van der Waals surface area contributed by atoms with Gasteiger partial charge < -0.3 is 5.73 Å². The predicted molar refractivity (Wildman–Crippen MR) is 61.9 cm³/mol. The molecule has 3 heteroatoms. The van der Waals surface area contributed by atoms with Gasteiger partial charge in [-0.25, -0.2) is 0 Å². The number of hydrogen-bond donors (Lipinski definition) is 1. The van der Waals surface area contributed by atoms with Crippen molar-refractivity contribution >= 4 is 0 Å². The van der Waals surface area contributed by atoms with Gasteiger partial charge in [0.2, 0.25) is 0 Å². The zero-order valence-corrected chi connectivity index (χ0v) is 10.1. The van der Waals surface area contributed by atoms with E-state index in [-0.39, 0.29) is 0 Å². The molecule has 2 rings (SSSR count). The van der Waals surface area contributed by atoms with E-state index in [9.17, 15) is 0 Å². The topological polar surface area (TPSA) is 43.8 Å². The Morgan fingerprint density at radius 3 is 2.53 bits per heavy atom. The summed E-state index contributed by atoms with van der Waals surface area (Å²) in [5.41, 5.74) is 9.94. The molecule has 1 aromatic rings. The van der Waals surface area contributed by atoms with Crippen molar-refractivity contribution in [3.05, 3.63) is 17.0 Å². The van der Waals surface area contributed by atoms with Crippen LogP contribution in [0.1, 0.15) is 43.1 Å². The first-order valence-corrected chi connectivity index (χ1v) is 5.85. The molecule has 1 fully saturated rings. The highest BCUT2D eigenvalue weighted by Crippen LogP contribution is 2.43. The molecule has 1 aliphatic carbocycles. The molecule has 1 aliphatic rings. The normalized spacial score (nSPS) is 30.3. The van der Waals surface area contributed by atoms with Gasteiger partial charge in [-0.15, -0.1) is 0 Å². The molecule has 3 atom stereocenters. The van der Waals surface area contributed by atoms with Gasteiger partial charge in [0.05, 0.1) is 5.69 Å². The van der Waals surface area contributed by atoms with Gasteiger partial charge in [-0.05, 0) is 44.6 Å². The molecule has 15 heavy (non-hydrogen) atoms. The number of nitrogens with zero attached hydrogens (tertiary/aromatic N) is 2. The molecule has 3 unspecified atom stereocenters. The van der Waals surface area contributed by atoms with E-state index in [1.165, 1.54) is 17.0 Å². The van der Waals surface area contributed by atoms with E-state index < -0.39 is 0 Å². The summed E-state index contributed by atoms with van der Waals surface area (Å²) in [5, 5.41) is 4.57. The Balaban J connectivity index is 2.32. The average Bonchev–Trinajstić information content (AvgIpc) is 2.50. The van der Waals surface area contributed by atoms with Crippen molar-refractivity contribution in [3.8, 4) is 0 Å². The largest absolute Gasteiger partial charge is 0.327 e. The summed E-state index contributed by atoms with van der Waals surface area (Å²) in [6, 6.07) is 0.388. The van der Waals surface area contributed by atoms with Gasteiger partial charge in [0, 0.05) is 18.3 Å². The van der Waals surface area contributed by atoms with Crippen molar-refractivity contribution in [2.45, 2.75) is 52.6 Å². The highest BCUT2D eigenvalue weighted by atomic mass is 15.3. The summed E-state index contributed by atoms with van der Waals surface area (Å²) in [5.74, 6) is 1.25. The Bertz CT molecular complexity index is 367. The first-order chi connectivity index (χ1) is 7.06. The molecular formula is C12H21N3. The Morgan fingerprint density at radius 2 is 2.13 bits per heavy atom. The lowest BCUT2D eigenvalue weighted by Gasteiger charge is -2.41. The summed E-state index contributed by atoms with van der Waals surface area (Å²) >= 11 is 0. The monoisotopic (exact) mass is 207 g/mol. The van der Waals surface area contributed by atoms with Gasteiger partial charge in [-0.2, -0.15) is 5.10 Å². The van der Waals surface area contributed by atoms with Crippen LogP contribution in [0.25, 0.3) is 0 Å². The van der Waals surface area contributed by atoms with E-state index in [4.69, 9.17) is 5.73 Å². The third kappa shape index (κ3) is 1.49. The maximum Gasteiger partial charge on any atom is 0.0631 e. The second-order valence-electron chi connectivity index (χ2n) is 4.77. The quantitative estimate of drug-likeness (QED) is 0.805. The zero-order chi connectivity index (χ0) is 11.2. The van der Waals surface area contributed by atoms with Crippen LogP contribution in [0.15, 0.2) is 0 Å². The molecule has 0 aromatic carbocycles. The maximum absolute atomic E-state index is 5.96. The Labute approximate surface area is 91.7 Å². The van der Waals surface area contributed by atoms with Crippen LogP contribution in [0.4, 0.5) is 0 Å². The number of aryl methyl sites for hydroxylation is 2. The first-order valence-electron chi connectivity index (χ1n) is 5.85. The standard InChI is InChI=1S/C12H21N3/c1-5-15-9(4)12(8(3)14-15)10-6-11(13)7(10)2/h7,10-11H,5-6,13H2,1-4H3. The van der Waals surface area contributed by atoms with Crippen molar-refractivity contribution in [2.24, 2.45) is 11.7 Å². The molecule has 0 radical (unpaired) electrons. The predicted octanol–water partition coefficient (Wildman–Crippen LogP) is 1.97. The van der Waals surface area contributed by atoms with Gasteiger partial charge in [0.25, 0.3) is 0 Å². The van der Waals surface area contributed by atoms with E-state index in [2.05, 4.69) is 37.5 Å². The zero-order valence-electron chi connectivity index (χ0n) is 10.1. The van der Waals surface area contributed by atoms with E-state index in [1.54, 1.807) is 0 Å². The molecule has 0 spiro atoms. The van der Waals surface area contributed by atoms with Crippen LogP contribution < -0.4 is 5.73 Å². The van der Waals surface area contributed by atoms with Crippen LogP contribution in [-0.2, 0) is 6.54 Å². The lowest BCUT2D eigenvalue weighted by atomic mass is 9.67. The molecule has 0 saturated heterocycles. The summed E-state index contributed by atoms with van der Waals surface area (Å²) in [7, 11) is 0. The van der Waals surface area contributed by atoms with Crippen LogP contribution in [-0.4, -0.2) is 15.8 Å². The highest BCUT2D eigenvalue weighted by molar-refractivity contribution is 5.32. The molecule has 1 aromatic heterocycles. The number of aromatic nitrogens is 2. The molecule has 0 bridgehead atoms. The molecular weight excluding hydrogens is 186 g/mol. The minimum atomic E-state index is 0.388. The van der Waals surface area contributed by atoms with Crippen LogP contribution in [0.2, 0.25) is 0 Å². The number of hydrogen-bond acceptors (Lipinski definition) is 2. The van der Waals surface area contributed by atoms with Crippen LogP contribution in [0.3, 0.4) is 0 Å². The van der Waals surface area contributed by atoms with E-state index in [1.807, 2.05) is 0 Å². The fourth-order valence-electron chi connectivity index (χ4n) is 2.76. The smallest absolute Gasteiger partial charge is 0.0631 e. The van der Waals surface area contributed by atoms with Gasteiger partial charge in [-0.1, -0.05) is 6.92 Å². The molecule has 1 saturated carbocycles. The summed E-state index contributed by atoms with van der Waals surface area (Å²) in [6.07, 6.45) is 1.12. The Kier molecular flexibility index (Phi) is 2.59. The van der Waals surface area contributed by atoms with Crippen molar-refractivity contribution in [3.63, 3.8) is 0 Å². The van der Waals surface area contributed by atoms with Gasteiger partial charge in [-0.3, -0.25) is 4.68 Å². The summed E-state index contributed by atoms with van der Waals surface area (Å²) in [4.78, 5) is 0. The average molecular weight is 207 g/mol. The van der Waals surface area contributed by atoms with Gasteiger partial charge in [0.15, 0.2) is 0 Å². The van der Waals surface area contributed by atoms with Crippen molar-refractivity contribution in [1.29, 1.82) is 0 Å². The van der Waals surface area contributed by atoms with Crippen LogP contribution >= 0.6 is 0 Å². The fraction of sp³-hybridized carbons (Fsp3) is 0.750. The Morgan fingerprint density at radius 1 is 1.47 bits per heavy atom. The van der Waals surface area contributed by atoms with Crippen molar-refractivity contribution in [1.82, 2.24) is 9.78 Å². The lowest BCUT2D eigenvalue weighted by molar-refractivity contribution is 0.225. The summed E-state index contributed by atoms with van der Waals surface area (Å²) < 4.78 is 2.10. The van der Waals surface area contributed by atoms with Crippen molar-refractivity contribution < 1.29 is 0 Å². The van der Waals surface area contributed by atoms with Gasteiger partial charge >= 0.3 is 0 Å². The van der Waals surface area contributed by atoms with Gasteiger partial charge in [0.1, 0.15) is 0 Å². The van der Waals surface area contributed by atoms with Crippen LogP contribution in [0.5, 0.6) is 0 Å². The number of nitrogens with two attached hydrogens (primary N) is 1.